The molecule has 0 aliphatic heterocycles. The molecule has 1 heterocycles. The van der Waals surface area contributed by atoms with Crippen molar-refractivity contribution >= 4 is 28.1 Å². The normalized spacial score (nSPS) is 11.0. The van der Waals surface area contributed by atoms with Crippen LogP contribution in [0.15, 0.2) is 22.7 Å². The second-order valence-electron chi connectivity index (χ2n) is 4.63. The molecule has 0 aliphatic rings. The molecule has 1 aromatic heterocycles. The van der Waals surface area contributed by atoms with E-state index < -0.39 is 0 Å². The SMILES string of the molecule is CC(C)c1cc(Br)ccc1OCc1n[nH]c(=S)n1C. The van der Waals surface area contributed by atoms with Gasteiger partial charge in [0.25, 0.3) is 0 Å². The molecular formula is C13H16BrN3OS. The molecule has 0 aliphatic carbocycles. The van der Waals surface area contributed by atoms with Crippen molar-refractivity contribution < 1.29 is 4.74 Å². The van der Waals surface area contributed by atoms with Gasteiger partial charge in [-0.15, -0.1) is 0 Å². The average Bonchev–Trinajstić information content (AvgIpc) is 2.68. The molecule has 0 saturated heterocycles. The fourth-order valence-corrected chi connectivity index (χ4v) is 2.28. The van der Waals surface area contributed by atoms with Gasteiger partial charge in [-0.2, -0.15) is 5.10 Å². The molecule has 0 unspecified atom stereocenters. The third kappa shape index (κ3) is 3.25. The molecule has 102 valence electrons. The Kier molecular flexibility index (Phi) is 4.42. The second kappa shape index (κ2) is 5.88. The van der Waals surface area contributed by atoms with E-state index >= 15 is 0 Å². The highest BCUT2D eigenvalue weighted by Crippen LogP contribution is 2.29. The van der Waals surface area contributed by atoms with Crippen molar-refractivity contribution in [3.05, 3.63) is 38.8 Å². The number of nitrogens with zero attached hydrogens (tertiary/aromatic N) is 2. The summed E-state index contributed by atoms with van der Waals surface area (Å²) in [6, 6.07) is 6.04. The van der Waals surface area contributed by atoms with Crippen LogP contribution < -0.4 is 4.74 Å². The number of nitrogens with one attached hydrogen (secondary N) is 1. The third-order valence-corrected chi connectivity index (χ3v) is 3.78. The zero-order valence-electron chi connectivity index (χ0n) is 11.1. The Hall–Kier alpha value is -1.14. The van der Waals surface area contributed by atoms with Gasteiger partial charge in [0.05, 0.1) is 0 Å². The highest BCUT2D eigenvalue weighted by atomic mass is 79.9. The number of hydrogen-bond acceptors (Lipinski definition) is 3. The maximum Gasteiger partial charge on any atom is 0.194 e. The number of ether oxygens (including phenoxy) is 1. The summed E-state index contributed by atoms with van der Waals surface area (Å²) in [6.45, 7) is 4.68. The number of H-pyrrole nitrogens is 1. The van der Waals surface area contributed by atoms with Crippen molar-refractivity contribution in [1.82, 2.24) is 14.8 Å². The third-order valence-electron chi connectivity index (χ3n) is 2.92. The van der Waals surface area contributed by atoms with Crippen molar-refractivity contribution in [2.45, 2.75) is 26.4 Å². The fourth-order valence-electron chi connectivity index (χ4n) is 1.75. The molecule has 6 heteroatoms. The Morgan fingerprint density at radius 1 is 1.47 bits per heavy atom. The van der Waals surface area contributed by atoms with Crippen LogP contribution in [0.2, 0.25) is 0 Å². The Morgan fingerprint density at radius 3 is 2.79 bits per heavy atom. The average molecular weight is 342 g/mol. The summed E-state index contributed by atoms with van der Waals surface area (Å²) >= 11 is 8.56. The zero-order chi connectivity index (χ0) is 14.0. The van der Waals surface area contributed by atoms with Gasteiger partial charge in [-0.05, 0) is 41.9 Å². The summed E-state index contributed by atoms with van der Waals surface area (Å²) < 4.78 is 9.32. The van der Waals surface area contributed by atoms with E-state index in [4.69, 9.17) is 17.0 Å². The van der Waals surface area contributed by atoms with Gasteiger partial charge in [0.15, 0.2) is 10.6 Å². The number of halogens is 1. The van der Waals surface area contributed by atoms with Gasteiger partial charge in [-0.25, -0.2) is 0 Å². The van der Waals surface area contributed by atoms with E-state index in [2.05, 4.69) is 46.0 Å². The lowest BCUT2D eigenvalue weighted by Gasteiger charge is -2.14. The molecule has 2 rings (SSSR count). The van der Waals surface area contributed by atoms with Gasteiger partial charge >= 0.3 is 0 Å². The predicted molar refractivity (Wildman–Crippen MR) is 81.0 cm³/mol. The van der Waals surface area contributed by atoms with Gasteiger partial charge in [0, 0.05) is 11.5 Å². The highest BCUT2D eigenvalue weighted by molar-refractivity contribution is 9.10. The minimum absolute atomic E-state index is 0.394. The number of aromatic amines is 1. The summed E-state index contributed by atoms with van der Waals surface area (Å²) in [5.74, 6) is 2.06. The number of aromatic nitrogens is 3. The lowest BCUT2D eigenvalue weighted by molar-refractivity contribution is 0.287. The molecule has 0 saturated carbocycles. The summed E-state index contributed by atoms with van der Waals surface area (Å²) in [5, 5.41) is 6.88. The standard InChI is InChI=1S/C13H16BrN3OS/c1-8(2)10-6-9(14)4-5-11(10)18-7-12-15-16-13(19)17(12)3/h4-6,8H,7H2,1-3H3,(H,16,19). The van der Waals surface area contributed by atoms with Gasteiger partial charge in [-0.1, -0.05) is 29.8 Å². The summed E-state index contributed by atoms with van der Waals surface area (Å²) in [5.41, 5.74) is 1.17. The fraction of sp³-hybridized carbons (Fsp3) is 0.385. The van der Waals surface area contributed by atoms with Crippen LogP contribution >= 0.6 is 28.1 Å². The zero-order valence-corrected chi connectivity index (χ0v) is 13.5. The molecule has 4 nitrogen and oxygen atoms in total. The number of benzene rings is 1. The van der Waals surface area contributed by atoms with Crippen LogP contribution in [0.4, 0.5) is 0 Å². The van der Waals surface area contributed by atoms with E-state index in [0.29, 0.717) is 17.3 Å². The first-order chi connectivity index (χ1) is 8.99. The molecule has 2 aromatic rings. The molecule has 0 spiro atoms. The highest BCUT2D eigenvalue weighted by Gasteiger charge is 2.10. The Labute approximate surface area is 125 Å². The molecule has 0 radical (unpaired) electrons. The van der Waals surface area contributed by atoms with Crippen LogP contribution in [0.1, 0.15) is 31.2 Å². The van der Waals surface area contributed by atoms with Crippen LogP contribution in [0, 0.1) is 4.77 Å². The van der Waals surface area contributed by atoms with Gasteiger partial charge in [-0.3, -0.25) is 5.10 Å². The molecule has 1 N–H and O–H groups in total. The molecule has 0 bridgehead atoms. The van der Waals surface area contributed by atoms with E-state index in [1.165, 1.54) is 5.56 Å². The molecule has 0 atom stereocenters. The lowest BCUT2D eigenvalue weighted by atomic mass is 10.0. The van der Waals surface area contributed by atoms with Crippen molar-refractivity contribution in [1.29, 1.82) is 0 Å². The maximum absolute atomic E-state index is 5.86. The van der Waals surface area contributed by atoms with Gasteiger partial charge in [0.2, 0.25) is 0 Å². The molecule has 19 heavy (non-hydrogen) atoms. The van der Waals surface area contributed by atoms with Gasteiger partial charge < -0.3 is 9.30 Å². The Bertz CT molecular complexity index is 633. The van der Waals surface area contributed by atoms with E-state index in [1.54, 1.807) is 0 Å². The monoisotopic (exact) mass is 341 g/mol. The van der Waals surface area contributed by atoms with E-state index in [1.807, 2.05) is 23.7 Å². The summed E-state index contributed by atoms with van der Waals surface area (Å²) in [6.07, 6.45) is 0. The van der Waals surface area contributed by atoms with Crippen LogP contribution in [0.3, 0.4) is 0 Å². The molecule has 0 amide bonds. The number of hydrogen-bond donors (Lipinski definition) is 1. The van der Waals surface area contributed by atoms with Crippen LogP contribution in [-0.4, -0.2) is 14.8 Å². The second-order valence-corrected chi connectivity index (χ2v) is 5.93. The first kappa shape index (κ1) is 14.3. The topological polar surface area (TPSA) is 42.8 Å². The van der Waals surface area contributed by atoms with Crippen LogP contribution in [0.5, 0.6) is 5.75 Å². The van der Waals surface area contributed by atoms with Gasteiger partial charge in [0.1, 0.15) is 12.4 Å². The van der Waals surface area contributed by atoms with Crippen LogP contribution in [0.25, 0.3) is 0 Å². The van der Waals surface area contributed by atoms with Crippen molar-refractivity contribution in [2.24, 2.45) is 7.05 Å². The van der Waals surface area contributed by atoms with E-state index in [9.17, 15) is 0 Å². The van der Waals surface area contributed by atoms with Crippen LogP contribution in [-0.2, 0) is 13.7 Å². The predicted octanol–water partition coefficient (Wildman–Crippen LogP) is 3.94. The van der Waals surface area contributed by atoms with E-state index in [-0.39, 0.29) is 0 Å². The quantitative estimate of drug-likeness (QED) is 0.856. The minimum atomic E-state index is 0.394. The largest absolute Gasteiger partial charge is 0.485 e. The maximum atomic E-state index is 5.86. The molecule has 1 aromatic carbocycles. The van der Waals surface area contributed by atoms with Crippen molar-refractivity contribution in [3.63, 3.8) is 0 Å². The summed E-state index contributed by atoms with van der Waals surface area (Å²) in [4.78, 5) is 0. The molecular weight excluding hydrogens is 326 g/mol. The Morgan fingerprint density at radius 2 is 2.21 bits per heavy atom. The first-order valence-corrected chi connectivity index (χ1v) is 7.21. The van der Waals surface area contributed by atoms with Crippen molar-refractivity contribution in [2.75, 3.05) is 0 Å². The number of rotatable bonds is 4. The summed E-state index contributed by atoms with van der Waals surface area (Å²) in [7, 11) is 1.87. The van der Waals surface area contributed by atoms with Crippen molar-refractivity contribution in [3.8, 4) is 5.75 Å². The smallest absolute Gasteiger partial charge is 0.194 e. The van der Waals surface area contributed by atoms with E-state index in [0.717, 1.165) is 16.0 Å². The molecule has 0 fully saturated rings. The lowest BCUT2D eigenvalue weighted by Crippen LogP contribution is -2.05. The Balaban J connectivity index is 2.20. The minimum Gasteiger partial charge on any atom is -0.485 e. The first-order valence-electron chi connectivity index (χ1n) is 6.01.